The van der Waals surface area contributed by atoms with Gasteiger partial charge in [0.15, 0.2) is 0 Å². The molecule has 0 aliphatic carbocycles. The molecule has 2 aromatic carbocycles. The summed E-state index contributed by atoms with van der Waals surface area (Å²) in [5.41, 5.74) is 3.67. The van der Waals surface area contributed by atoms with Gasteiger partial charge in [-0.25, -0.2) is 0 Å². The van der Waals surface area contributed by atoms with Crippen molar-refractivity contribution < 1.29 is 9.84 Å². The summed E-state index contributed by atoms with van der Waals surface area (Å²) in [4.78, 5) is 0. The molecule has 0 aliphatic rings. The van der Waals surface area contributed by atoms with Gasteiger partial charge in [0.05, 0.1) is 12.1 Å². The molecule has 0 bridgehead atoms. The van der Waals surface area contributed by atoms with Crippen molar-refractivity contribution in [2.24, 2.45) is 0 Å². The lowest BCUT2D eigenvalue weighted by Crippen LogP contribution is -2.04. The lowest BCUT2D eigenvalue weighted by Gasteiger charge is -2.17. The van der Waals surface area contributed by atoms with Crippen LogP contribution in [0.25, 0.3) is 0 Å². The van der Waals surface area contributed by atoms with Gasteiger partial charge in [0.2, 0.25) is 0 Å². The molecule has 1 atom stereocenters. The molecule has 2 aromatic rings. The van der Waals surface area contributed by atoms with Crippen molar-refractivity contribution in [2.45, 2.75) is 20.0 Å². The summed E-state index contributed by atoms with van der Waals surface area (Å²) in [6.07, 6.45) is -0.686. The van der Waals surface area contributed by atoms with Crippen molar-refractivity contribution >= 4 is 34.2 Å². The number of benzene rings is 2. The molecular weight excluding hydrogens is 387 g/mol. The highest BCUT2D eigenvalue weighted by molar-refractivity contribution is 14.1. The quantitative estimate of drug-likeness (QED) is 0.757. The fourth-order valence-corrected chi connectivity index (χ4v) is 2.71. The Labute approximate surface area is 137 Å². The van der Waals surface area contributed by atoms with Crippen LogP contribution in [0.1, 0.15) is 28.4 Å². The van der Waals surface area contributed by atoms with E-state index >= 15 is 0 Å². The molecule has 0 saturated carbocycles. The van der Waals surface area contributed by atoms with Crippen molar-refractivity contribution in [3.8, 4) is 5.75 Å². The number of aliphatic hydroxyl groups excluding tert-OH is 1. The number of aryl methyl sites for hydroxylation is 2. The van der Waals surface area contributed by atoms with Gasteiger partial charge in [0.25, 0.3) is 0 Å². The first-order valence-corrected chi connectivity index (χ1v) is 7.68. The highest BCUT2D eigenvalue weighted by atomic mass is 127. The van der Waals surface area contributed by atoms with Crippen LogP contribution in [0.2, 0.25) is 5.02 Å². The predicted octanol–water partition coefficient (Wildman–Crippen LogP) is 4.65. The SMILES string of the molecule is COc1cc(C)c(C(O)c2ccc(I)c(Cl)c2)cc1C. The highest BCUT2D eigenvalue weighted by Crippen LogP contribution is 2.32. The number of aliphatic hydroxyl groups is 1. The number of hydrogen-bond acceptors (Lipinski definition) is 2. The van der Waals surface area contributed by atoms with E-state index in [1.165, 1.54) is 0 Å². The van der Waals surface area contributed by atoms with Gasteiger partial charge in [-0.3, -0.25) is 0 Å². The van der Waals surface area contributed by atoms with E-state index in [0.717, 1.165) is 31.6 Å². The van der Waals surface area contributed by atoms with Crippen LogP contribution < -0.4 is 4.74 Å². The molecule has 0 saturated heterocycles. The maximum absolute atomic E-state index is 10.6. The third-order valence-corrected chi connectivity index (χ3v) is 4.91. The molecule has 0 amide bonds. The number of rotatable bonds is 3. The lowest BCUT2D eigenvalue weighted by atomic mass is 9.95. The number of halogens is 2. The van der Waals surface area contributed by atoms with Gasteiger partial charge in [-0.05, 0) is 83.0 Å². The summed E-state index contributed by atoms with van der Waals surface area (Å²) in [5, 5.41) is 11.2. The zero-order valence-corrected chi connectivity index (χ0v) is 14.5. The zero-order valence-electron chi connectivity index (χ0n) is 11.6. The Morgan fingerprint density at radius 1 is 1.15 bits per heavy atom. The minimum atomic E-state index is -0.686. The average Bonchev–Trinajstić information content (AvgIpc) is 2.43. The summed E-state index contributed by atoms with van der Waals surface area (Å²) in [6.45, 7) is 3.93. The molecule has 1 N–H and O–H groups in total. The molecule has 106 valence electrons. The van der Waals surface area contributed by atoms with E-state index in [9.17, 15) is 5.11 Å². The Balaban J connectivity index is 2.45. The normalized spacial score (nSPS) is 12.3. The van der Waals surface area contributed by atoms with Gasteiger partial charge >= 0.3 is 0 Å². The molecule has 20 heavy (non-hydrogen) atoms. The van der Waals surface area contributed by atoms with E-state index in [2.05, 4.69) is 22.6 Å². The predicted molar refractivity (Wildman–Crippen MR) is 90.7 cm³/mol. The van der Waals surface area contributed by atoms with Crippen LogP contribution in [0.3, 0.4) is 0 Å². The number of ether oxygens (including phenoxy) is 1. The van der Waals surface area contributed by atoms with Crippen molar-refractivity contribution in [3.05, 3.63) is 61.2 Å². The second-order valence-electron chi connectivity index (χ2n) is 4.75. The van der Waals surface area contributed by atoms with Crippen LogP contribution in [-0.4, -0.2) is 12.2 Å². The van der Waals surface area contributed by atoms with Crippen molar-refractivity contribution in [1.29, 1.82) is 0 Å². The summed E-state index contributed by atoms with van der Waals surface area (Å²) in [5.74, 6) is 0.832. The van der Waals surface area contributed by atoms with Gasteiger partial charge in [0.1, 0.15) is 11.9 Å². The zero-order chi connectivity index (χ0) is 14.9. The van der Waals surface area contributed by atoms with Crippen molar-refractivity contribution in [1.82, 2.24) is 0 Å². The minimum Gasteiger partial charge on any atom is -0.496 e. The average molecular weight is 403 g/mol. The first-order valence-electron chi connectivity index (χ1n) is 6.22. The van der Waals surface area contributed by atoms with Gasteiger partial charge in [0, 0.05) is 3.57 Å². The highest BCUT2D eigenvalue weighted by Gasteiger charge is 2.16. The number of methoxy groups -OCH3 is 1. The monoisotopic (exact) mass is 402 g/mol. The molecule has 0 fully saturated rings. The molecule has 1 unspecified atom stereocenters. The first-order chi connectivity index (χ1) is 9.43. The second-order valence-corrected chi connectivity index (χ2v) is 6.32. The summed E-state index contributed by atoms with van der Waals surface area (Å²) < 4.78 is 6.27. The van der Waals surface area contributed by atoms with Crippen LogP contribution in [0.4, 0.5) is 0 Å². The van der Waals surface area contributed by atoms with Crippen LogP contribution >= 0.6 is 34.2 Å². The Bertz CT molecular complexity index is 641. The Hall–Kier alpha value is -0.780. The smallest absolute Gasteiger partial charge is 0.122 e. The van der Waals surface area contributed by atoms with Crippen LogP contribution in [0.5, 0.6) is 5.75 Å². The molecule has 4 heteroatoms. The summed E-state index contributed by atoms with van der Waals surface area (Å²) in [7, 11) is 1.65. The van der Waals surface area contributed by atoms with Crippen molar-refractivity contribution in [3.63, 3.8) is 0 Å². The maximum atomic E-state index is 10.6. The molecule has 2 nitrogen and oxygen atoms in total. The first kappa shape index (κ1) is 15.6. The second kappa shape index (κ2) is 6.33. The fourth-order valence-electron chi connectivity index (χ4n) is 2.19. The van der Waals surface area contributed by atoms with Gasteiger partial charge in [-0.15, -0.1) is 0 Å². The standard InChI is InChI=1S/C16H16ClIO2/c1-9-7-15(20-3)10(2)6-12(9)16(19)11-4-5-14(18)13(17)8-11/h4-8,16,19H,1-3H3. The van der Waals surface area contributed by atoms with Crippen LogP contribution in [0, 0.1) is 17.4 Å². The molecule has 2 rings (SSSR count). The van der Waals surface area contributed by atoms with E-state index in [-0.39, 0.29) is 0 Å². The molecule has 0 spiro atoms. The van der Waals surface area contributed by atoms with E-state index in [1.807, 2.05) is 44.2 Å². The van der Waals surface area contributed by atoms with E-state index < -0.39 is 6.10 Å². The molecule has 0 radical (unpaired) electrons. The van der Waals surface area contributed by atoms with E-state index in [1.54, 1.807) is 7.11 Å². The van der Waals surface area contributed by atoms with E-state index in [4.69, 9.17) is 16.3 Å². The van der Waals surface area contributed by atoms with Crippen molar-refractivity contribution in [2.75, 3.05) is 7.11 Å². The Kier molecular flexibility index (Phi) is 4.94. The maximum Gasteiger partial charge on any atom is 0.122 e. The topological polar surface area (TPSA) is 29.5 Å². The Morgan fingerprint density at radius 3 is 2.45 bits per heavy atom. The largest absolute Gasteiger partial charge is 0.496 e. The lowest BCUT2D eigenvalue weighted by molar-refractivity contribution is 0.219. The van der Waals surface area contributed by atoms with Crippen LogP contribution in [0.15, 0.2) is 30.3 Å². The Morgan fingerprint density at radius 2 is 1.85 bits per heavy atom. The van der Waals surface area contributed by atoms with Crippen LogP contribution in [-0.2, 0) is 0 Å². The fraction of sp³-hybridized carbons (Fsp3) is 0.250. The molecule has 0 aliphatic heterocycles. The van der Waals surface area contributed by atoms with Gasteiger partial charge in [-0.1, -0.05) is 17.7 Å². The minimum absolute atomic E-state index is 0.657. The summed E-state index contributed by atoms with van der Waals surface area (Å²) in [6, 6.07) is 9.53. The van der Waals surface area contributed by atoms with Gasteiger partial charge in [-0.2, -0.15) is 0 Å². The van der Waals surface area contributed by atoms with Gasteiger partial charge < -0.3 is 9.84 Å². The molecule has 0 aromatic heterocycles. The molecular formula is C16H16ClIO2. The third-order valence-electron chi connectivity index (χ3n) is 3.34. The number of hydrogen-bond donors (Lipinski definition) is 1. The third kappa shape index (κ3) is 3.10. The molecule has 0 heterocycles. The van der Waals surface area contributed by atoms with E-state index in [0.29, 0.717) is 5.02 Å². The summed E-state index contributed by atoms with van der Waals surface area (Å²) >= 11 is 8.30.